The smallest absolute Gasteiger partial charge is 0.332 e. The second kappa shape index (κ2) is 5.01. The lowest BCUT2D eigenvalue weighted by atomic mass is 10.3. The first kappa shape index (κ1) is 10.2. The number of aromatic nitrogens is 1. The Balaban J connectivity index is 2.42. The third kappa shape index (κ3) is 3.71. The molecule has 74 valence electrons. The zero-order valence-electron chi connectivity index (χ0n) is 7.93. The molecule has 0 saturated carbocycles. The summed E-state index contributed by atoms with van der Waals surface area (Å²) in [6, 6.07) is 3.57. The molecule has 0 radical (unpaired) electrons. The van der Waals surface area contributed by atoms with Crippen LogP contribution in [-0.4, -0.2) is 11.0 Å². The summed E-state index contributed by atoms with van der Waals surface area (Å²) in [5.74, 6) is -0.429. The highest BCUT2D eigenvalue weighted by molar-refractivity contribution is 5.82. The van der Waals surface area contributed by atoms with Gasteiger partial charge >= 0.3 is 5.97 Å². The van der Waals surface area contributed by atoms with Gasteiger partial charge in [0.2, 0.25) is 0 Å². The van der Waals surface area contributed by atoms with Crippen molar-refractivity contribution in [3.8, 4) is 0 Å². The van der Waals surface area contributed by atoms with Gasteiger partial charge in [-0.15, -0.1) is 0 Å². The quantitative estimate of drug-likeness (QED) is 0.573. The minimum absolute atomic E-state index is 0.241. The monoisotopic (exact) mass is 192 g/mol. The summed E-state index contributed by atoms with van der Waals surface area (Å²) in [6.45, 7) is 1.87. The van der Waals surface area contributed by atoms with E-state index in [1.165, 1.54) is 6.08 Å². The van der Waals surface area contributed by atoms with Crippen molar-refractivity contribution in [3.05, 3.63) is 41.9 Å². The summed E-state index contributed by atoms with van der Waals surface area (Å²) in [6.07, 6.45) is 4.54. The molecule has 2 N–H and O–H groups in total. The zero-order valence-corrected chi connectivity index (χ0v) is 7.93. The third-order valence-corrected chi connectivity index (χ3v) is 1.48. The molecule has 0 aromatic carbocycles. The van der Waals surface area contributed by atoms with Crippen LogP contribution in [0.2, 0.25) is 0 Å². The van der Waals surface area contributed by atoms with Gasteiger partial charge in [-0.1, -0.05) is 0 Å². The maximum Gasteiger partial charge on any atom is 0.332 e. The molecule has 0 bridgehead atoms. The van der Waals surface area contributed by atoms with E-state index in [2.05, 4.69) is 4.98 Å². The molecule has 4 heteroatoms. The van der Waals surface area contributed by atoms with E-state index in [-0.39, 0.29) is 6.61 Å². The van der Waals surface area contributed by atoms with Crippen LogP contribution in [-0.2, 0) is 16.1 Å². The molecule has 0 fully saturated rings. The van der Waals surface area contributed by atoms with Crippen LogP contribution in [0.3, 0.4) is 0 Å². The molecular weight excluding hydrogens is 180 g/mol. The number of pyridine rings is 1. The average molecular weight is 192 g/mol. The minimum atomic E-state index is -0.429. The van der Waals surface area contributed by atoms with E-state index in [9.17, 15) is 4.79 Å². The molecule has 0 aliphatic heterocycles. The number of hydrogen-bond donors (Lipinski definition) is 1. The molecule has 0 spiro atoms. The van der Waals surface area contributed by atoms with Gasteiger partial charge in [-0.2, -0.15) is 0 Å². The predicted molar refractivity (Wildman–Crippen MR) is 52.0 cm³/mol. The van der Waals surface area contributed by atoms with Gasteiger partial charge in [0.15, 0.2) is 0 Å². The molecule has 0 saturated heterocycles. The summed E-state index contributed by atoms with van der Waals surface area (Å²) < 4.78 is 4.92. The van der Waals surface area contributed by atoms with E-state index in [0.29, 0.717) is 5.70 Å². The van der Waals surface area contributed by atoms with Crippen molar-refractivity contribution in [1.29, 1.82) is 0 Å². The largest absolute Gasteiger partial charge is 0.458 e. The van der Waals surface area contributed by atoms with E-state index in [1.807, 2.05) is 0 Å². The van der Waals surface area contributed by atoms with Gasteiger partial charge in [-0.05, 0) is 24.6 Å². The van der Waals surface area contributed by atoms with Crippen LogP contribution in [0.5, 0.6) is 0 Å². The first-order valence-electron chi connectivity index (χ1n) is 4.18. The Kier molecular flexibility index (Phi) is 3.67. The SMILES string of the molecule is C/C(N)=C/C(=O)OCc1ccncc1. The molecule has 1 aromatic heterocycles. The number of ether oxygens (including phenoxy) is 1. The van der Waals surface area contributed by atoms with Crippen molar-refractivity contribution >= 4 is 5.97 Å². The number of esters is 1. The first-order chi connectivity index (χ1) is 6.68. The number of nitrogens with zero attached hydrogens (tertiary/aromatic N) is 1. The second-order valence-corrected chi connectivity index (χ2v) is 2.85. The van der Waals surface area contributed by atoms with Crippen LogP contribution in [0, 0.1) is 0 Å². The number of carbonyl (C=O) groups is 1. The normalized spacial score (nSPS) is 11.1. The van der Waals surface area contributed by atoms with Crippen molar-refractivity contribution in [2.75, 3.05) is 0 Å². The van der Waals surface area contributed by atoms with Crippen LogP contribution in [0.4, 0.5) is 0 Å². The van der Waals surface area contributed by atoms with Crippen LogP contribution < -0.4 is 5.73 Å². The Bertz CT molecular complexity index is 329. The number of hydrogen-bond acceptors (Lipinski definition) is 4. The average Bonchev–Trinajstić information content (AvgIpc) is 2.15. The molecule has 0 aliphatic carbocycles. The number of nitrogens with two attached hydrogens (primary N) is 1. The molecular formula is C10H12N2O2. The first-order valence-corrected chi connectivity index (χ1v) is 4.18. The highest BCUT2D eigenvalue weighted by Crippen LogP contribution is 1.99. The van der Waals surface area contributed by atoms with Crippen molar-refractivity contribution in [1.82, 2.24) is 4.98 Å². The topological polar surface area (TPSA) is 65.2 Å². The Morgan fingerprint density at radius 3 is 2.79 bits per heavy atom. The van der Waals surface area contributed by atoms with E-state index in [4.69, 9.17) is 10.5 Å². The van der Waals surface area contributed by atoms with E-state index in [0.717, 1.165) is 5.56 Å². The highest BCUT2D eigenvalue weighted by Gasteiger charge is 1.98. The lowest BCUT2D eigenvalue weighted by molar-refractivity contribution is -0.139. The van der Waals surface area contributed by atoms with E-state index < -0.39 is 5.97 Å². The number of carbonyl (C=O) groups excluding carboxylic acids is 1. The molecule has 1 rings (SSSR count). The predicted octanol–water partition coefficient (Wildman–Crippen LogP) is 0.987. The second-order valence-electron chi connectivity index (χ2n) is 2.85. The minimum Gasteiger partial charge on any atom is -0.458 e. The summed E-state index contributed by atoms with van der Waals surface area (Å²) in [7, 11) is 0. The summed E-state index contributed by atoms with van der Waals surface area (Å²) in [5.41, 5.74) is 6.65. The van der Waals surface area contributed by atoms with Gasteiger partial charge in [0.1, 0.15) is 6.61 Å². The molecule has 0 unspecified atom stereocenters. The lowest BCUT2D eigenvalue weighted by Crippen LogP contribution is -2.04. The highest BCUT2D eigenvalue weighted by atomic mass is 16.5. The summed E-state index contributed by atoms with van der Waals surface area (Å²) in [4.78, 5) is 14.9. The zero-order chi connectivity index (χ0) is 10.4. The van der Waals surface area contributed by atoms with Crippen molar-refractivity contribution < 1.29 is 9.53 Å². The van der Waals surface area contributed by atoms with Crippen LogP contribution >= 0.6 is 0 Å². The Morgan fingerprint density at radius 1 is 1.57 bits per heavy atom. The van der Waals surface area contributed by atoms with Crippen molar-refractivity contribution in [2.24, 2.45) is 5.73 Å². The molecule has 4 nitrogen and oxygen atoms in total. The maximum atomic E-state index is 11.0. The van der Waals surface area contributed by atoms with Crippen LogP contribution in [0.15, 0.2) is 36.3 Å². The van der Waals surface area contributed by atoms with Crippen molar-refractivity contribution in [3.63, 3.8) is 0 Å². The fourth-order valence-electron chi connectivity index (χ4n) is 0.861. The van der Waals surface area contributed by atoms with Crippen LogP contribution in [0.1, 0.15) is 12.5 Å². The van der Waals surface area contributed by atoms with Gasteiger partial charge in [0, 0.05) is 24.2 Å². The molecule has 1 aromatic rings. The van der Waals surface area contributed by atoms with Gasteiger partial charge in [0.05, 0.1) is 0 Å². The fraction of sp³-hybridized carbons (Fsp3) is 0.200. The maximum absolute atomic E-state index is 11.0. The molecule has 0 atom stereocenters. The molecule has 14 heavy (non-hydrogen) atoms. The lowest BCUT2D eigenvalue weighted by Gasteiger charge is -2.01. The Morgan fingerprint density at radius 2 is 2.21 bits per heavy atom. The summed E-state index contributed by atoms with van der Waals surface area (Å²) in [5, 5.41) is 0. The number of rotatable bonds is 3. The van der Waals surface area contributed by atoms with Crippen molar-refractivity contribution in [2.45, 2.75) is 13.5 Å². The molecule has 1 heterocycles. The van der Waals surface area contributed by atoms with Gasteiger partial charge in [0.25, 0.3) is 0 Å². The fourth-order valence-corrected chi connectivity index (χ4v) is 0.861. The van der Waals surface area contributed by atoms with Gasteiger partial charge < -0.3 is 10.5 Å². The van der Waals surface area contributed by atoms with E-state index >= 15 is 0 Å². The molecule has 0 amide bonds. The van der Waals surface area contributed by atoms with E-state index in [1.54, 1.807) is 31.5 Å². The van der Waals surface area contributed by atoms with Crippen LogP contribution in [0.25, 0.3) is 0 Å². The van der Waals surface area contributed by atoms with Gasteiger partial charge in [-0.25, -0.2) is 4.79 Å². The summed E-state index contributed by atoms with van der Waals surface area (Å²) >= 11 is 0. The molecule has 0 aliphatic rings. The Hall–Kier alpha value is -1.84. The third-order valence-electron chi connectivity index (χ3n) is 1.48. The Labute approximate surface area is 82.4 Å². The standard InChI is InChI=1S/C10H12N2O2/c1-8(11)6-10(13)14-7-9-2-4-12-5-3-9/h2-6H,7,11H2,1H3/b8-6-. The van der Waals surface area contributed by atoms with Gasteiger partial charge in [-0.3, -0.25) is 4.98 Å². The number of allylic oxidation sites excluding steroid dienone is 1.